The SMILES string of the molecule is COC(=O)c1ccc(N2CCCC=C2OS(=O)(=O)C(F)(F)F)cc1F. The van der Waals surface area contributed by atoms with Gasteiger partial charge in [-0.05, 0) is 37.1 Å². The Hall–Kier alpha value is -2.30. The van der Waals surface area contributed by atoms with Gasteiger partial charge in [-0.1, -0.05) is 0 Å². The van der Waals surface area contributed by atoms with E-state index in [-0.39, 0.29) is 17.8 Å². The second-order valence-corrected chi connectivity index (χ2v) is 6.51. The maximum absolute atomic E-state index is 14.0. The Bertz CT molecular complexity index is 804. The van der Waals surface area contributed by atoms with Crippen LogP contribution >= 0.6 is 0 Å². The highest BCUT2D eigenvalue weighted by Crippen LogP contribution is 2.32. The summed E-state index contributed by atoms with van der Waals surface area (Å²) in [4.78, 5) is 12.4. The molecule has 1 aromatic rings. The zero-order valence-corrected chi connectivity index (χ0v) is 13.7. The molecular weight excluding hydrogens is 370 g/mol. The maximum atomic E-state index is 14.0. The van der Waals surface area contributed by atoms with Crippen molar-refractivity contribution in [1.29, 1.82) is 0 Å². The topological polar surface area (TPSA) is 72.9 Å². The van der Waals surface area contributed by atoms with E-state index in [0.717, 1.165) is 24.1 Å². The number of alkyl halides is 3. The van der Waals surface area contributed by atoms with Crippen LogP contribution < -0.4 is 4.90 Å². The van der Waals surface area contributed by atoms with Crippen molar-refractivity contribution in [1.82, 2.24) is 0 Å². The molecule has 1 aliphatic heterocycles. The Morgan fingerprint density at radius 2 is 1.96 bits per heavy atom. The van der Waals surface area contributed by atoms with Crippen molar-refractivity contribution in [3.05, 3.63) is 41.5 Å². The van der Waals surface area contributed by atoms with Crippen LogP contribution in [-0.4, -0.2) is 33.5 Å². The highest BCUT2D eigenvalue weighted by Gasteiger charge is 2.49. The first-order valence-corrected chi connectivity index (χ1v) is 8.34. The van der Waals surface area contributed by atoms with Crippen LogP contribution in [0.2, 0.25) is 0 Å². The number of nitrogens with zero attached hydrogens (tertiary/aromatic N) is 1. The average molecular weight is 383 g/mol. The van der Waals surface area contributed by atoms with E-state index in [1.807, 2.05) is 0 Å². The molecule has 0 radical (unpaired) electrons. The van der Waals surface area contributed by atoms with Crippen LogP contribution in [0.1, 0.15) is 23.2 Å². The minimum absolute atomic E-state index is 0.0356. The Morgan fingerprint density at radius 3 is 2.52 bits per heavy atom. The number of carbonyl (C=O) groups excluding carboxylic acids is 1. The zero-order valence-electron chi connectivity index (χ0n) is 12.8. The third-order valence-corrected chi connectivity index (χ3v) is 4.28. The summed E-state index contributed by atoms with van der Waals surface area (Å²) in [6.07, 6.45) is 1.94. The van der Waals surface area contributed by atoms with Gasteiger partial charge in [-0.15, -0.1) is 0 Å². The highest BCUT2D eigenvalue weighted by atomic mass is 32.2. The Kier molecular flexibility index (Phi) is 5.26. The summed E-state index contributed by atoms with van der Waals surface area (Å²) in [5, 5.41) is 0. The van der Waals surface area contributed by atoms with E-state index in [9.17, 15) is 30.8 Å². The fourth-order valence-electron chi connectivity index (χ4n) is 2.14. The Morgan fingerprint density at radius 1 is 1.28 bits per heavy atom. The number of anilines is 1. The molecule has 2 rings (SSSR count). The van der Waals surface area contributed by atoms with Crippen molar-refractivity contribution in [3.8, 4) is 0 Å². The smallest absolute Gasteiger partial charge is 0.465 e. The number of carbonyl (C=O) groups is 1. The standard InChI is InChI=1S/C14H13F4NO5S/c1-23-13(20)10-6-5-9(8-11(10)15)19-7-3-2-4-12(19)24-25(21,22)14(16,17)18/h4-6,8H,2-3,7H2,1H3. The Labute approximate surface area is 140 Å². The number of allylic oxidation sites excluding steroid dienone is 1. The maximum Gasteiger partial charge on any atom is 0.534 e. The van der Waals surface area contributed by atoms with Crippen LogP contribution in [0.25, 0.3) is 0 Å². The van der Waals surface area contributed by atoms with E-state index in [1.54, 1.807) is 0 Å². The van der Waals surface area contributed by atoms with Gasteiger partial charge in [0, 0.05) is 12.2 Å². The van der Waals surface area contributed by atoms with Gasteiger partial charge in [0.1, 0.15) is 5.82 Å². The third kappa shape index (κ3) is 4.03. The van der Waals surface area contributed by atoms with E-state index in [4.69, 9.17) is 0 Å². The predicted octanol–water partition coefficient (Wildman–Crippen LogP) is 2.92. The largest absolute Gasteiger partial charge is 0.534 e. The van der Waals surface area contributed by atoms with E-state index < -0.39 is 33.3 Å². The second-order valence-electron chi connectivity index (χ2n) is 4.98. The lowest BCUT2D eigenvalue weighted by Crippen LogP contribution is -2.33. The van der Waals surface area contributed by atoms with E-state index >= 15 is 0 Å². The van der Waals surface area contributed by atoms with Crippen LogP contribution in [0.5, 0.6) is 0 Å². The van der Waals surface area contributed by atoms with Crippen LogP contribution in [0.3, 0.4) is 0 Å². The first kappa shape index (κ1) is 19.0. The molecule has 0 aliphatic carbocycles. The number of hydrogen-bond acceptors (Lipinski definition) is 6. The average Bonchev–Trinajstić information content (AvgIpc) is 2.53. The molecule has 1 aliphatic rings. The summed E-state index contributed by atoms with van der Waals surface area (Å²) < 4.78 is 82.4. The third-order valence-electron chi connectivity index (χ3n) is 3.32. The van der Waals surface area contributed by atoms with Gasteiger partial charge >= 0.3 is 21.6 Å². The molecule has 0 unspecified atom stereocenters. The first-order valence-electron chi connectivity index (χ1n) is 6.93. The van der Waals surface area contributed by atoms with Crippen molar-refractivity contribution in [2.45, 2.75) is 18.3 Å². The van der Waals surface area contributed by atoms with Gasteiger partial charge in [0.15, 0.2) is 0 Å². The van der Waals surface area contributed by atoms with E-state index in [2.05, 4.69) is 8.92 Å². The van der Waals surface area contributed by atoms with Crippen molar-refractivity contribution in [2.24, 2.45) is 0 Å². The molecule has 138 valence electrons. The van der Waals surface area contributed by atoms with Gasteiger partial charge in [-0.3, -0.25) is 0 Å². The number of esters is 1. The second kappa shape index (κ2) is 6.90. The molecule has 0 saturated carbocycles. The number of halogens is 4. The summed E-state index contributed by atoms with van der Waals surface area (Å²) >= 11 is 0. The zero-order chi connectivity index (χ0) is 18.8. The van der Waals surface area contributed by atoms with Crippen molar-refractivity contribution < 1.29 is 39.7 Å². The van der Waals surface area contributed by atoms with Crippen molar-refractivity contribution in [2.75, 3.05) is 18.6 Å². The fraction of sp³-hybridized carbons (Fsp3) is 0.357. The van der Waals surface area contributed by atoms with Gasteiger partial charge in [0.05, 0.1) is 12.7 Å². The molecule has 0 amide bonds. The monoisotopic (exact) mass is 383 g/mol. The molecular formula is C14H13F4NO5S. The summed E-state index contributed by atoms with van der Waals surface area (Å²) in [5.41, 5.74) is -5.91. The number of hydrogen-bond donors (Lipinski definition) is 0. The highest BCUT2D eigenvalue weighted by molar-refractivity contribution is 7.87. The molecule has 11 heteroatoms. The molecule has 0 bridgehead atoms. The molecule has 0 N–H and O–H groups in total. The molecule has 1 heterocycles. The van der Waals surface area contributed by atoms with Crippen molar-refractivity contribution in [3.63, 3.8) is 0 Å². The molecule has 0 saturated heterocycles. The summed E-state index contributed by atoms with van der Waals surface area (Å²) in [5.74, 6) is -2.46. The Balaban J connectivity index is 2.34. The van der Waals surface area contributed by atoms with Crippen LogP contribution in [0.15, 0.2) is 30.2 Å². The molecule has 1 aromatic carbocycles. The molecule has 6 nitrogen and oxygen atoms in total. The van der Waals surface area contributed by atoms with Crippen LogP contribution in [0.4, 0.5) is 23.2 Å². The lowest BCUT2D eigenvalue weighted by Gasteiger charge is -2.29. The lowest BCUT2D eigenvalue weighted by atomic mass is 10.1. The van der Waals surface area contributed by atoms with Gasteiger partial charge in [0.2, 0.25) is 5.88 Å². The molecule has 0 atom stereocenters. The quantitative estimate of drug-likeness (QED) is 0.345. The van der Waals surface area contributed by atoms with Gasteiger partial charge in [-0.25, -0.2) is 9.18 Å². The van der Waals surface area contributed by atoms with Crippen molar-refractivity contribution >= 4 is 21.8 Å². The molecule has 25 heavy (non-hydrogen) atoms. The molecule has 0 spiro atoms. The number of ether oxygens (including phenoxy) is 1. The lowest BCUT2D eigenvalue weighted by molar-refractivity contribution is -0.0523. The number of benzene rings is 1. The van der Waals surface area contributed by atoms with Gasteiger partial charge in [0.25, 0.3) is 0 Å². The summed E-state index contributed by atoms with van der Waals surface area (Å²) in [6, 6.07) is 3.22. The van der Waals surface area contributed by atoms with Gasteiger partial charge < -0.3 is 13.8 Å². The van der Waals surface area contributed by atoms with Gasteiger partial charge in [-0.2, -0.15) is 21.6 Å². The van der Waals surface area contributed by atoms with E-state index in [1.165, 1.54) is 12.1 Å². The predicted molar refractivity (Wildman–Crippen MR) is 78.5 cm³/mol. The summed E-state index contributed by atoms with van der Waals surface area (Å²) in [7, 11) is -4.79. The fourth-order valence-corrected chi connectivity index (χ4v) is 2.62. The number of rotatable bonds is 4. The number of methoxy groups -OCH3 is 1. The first-order chi connectivity index (χ1) is 11.6. The minimum Gasteiger partial charge on any atom is -0.465 e. The van der Waals surface area contributed by atoms with Crippen LogP contribution in [0, 0.1) is 5.82 Å². The normalized spacial score (nSPS) is 15.6. The van der Waals surface area contributed by atoms with E-state index in [0.29, 0.717) is 12.8 Å². The molecule has 0 fully saturated rings. The minimum atomic E-state index is -5.85. The molecule has 0 aromatic heterocycles. The van der Waals surface area contributed by atoms with Crippen LogP contribution in [-0.2, 0) is 19.0 Å². The summed E-state index contributed by atoms with van der Waals surface area (Å²) in [6.45, 7) is 0.107.